The van der Waals surface area contributed by atoms with Crippen molar-refractivity contribution in [3.05, 3.63) is 53.6 Å². The molecule has 0 heterocycles. The molecule has 0 amide bonds. The van der Waals surface area contributed by atoms with Gasteiger partial charge in [0.05, 0.1) is 5.56 Å². The zero-order chi connectivity index (χ0) is 14.8. The van der Waals surface area contributed by atoms with E-state index in [1.165, 1.54) is 12.1 Å². The van der Waals surface area contributed by atoms with Crippen molar-refractivity contribution in [3.8, 4) is 0 Å². The second-order valence-electron chi connectivity index (χ2n) is 4.35. The lowest BCUT2D eigenvalue weighted by Crippen LogP contribution is -2.07. The van der Waals surface area contributed by atoms with Crippen LogP contribution in [0.15, 0.2) is 52.3 Å². The second-order valence-corrected chi connectivity index (χ2v) is 5.47. The largest absolute Gasteiger partial charge is 0.417 e. The monoisotopic (exact) mass is 297 g/mol. The van der Waals surface area contributed by atoms with Crippen LogP contribution in [0.5, 0.6) is 0 Å². The quantitative estimate of drug-likeness (QED) is 0.807. The molecule has 1 nitrogen and oxygen atoms in total. The van der Waals surface area contributed by atoms with Crippen LogP contribution in [0.25, 0.3) is 0 Å². The first kappa shape index (κ1) is 14.8. The van der Waals surface area contributed by atoms with Crippen molar-refractivity contribution >= 4 is 17.4 Å². The standard InChI is InChI=1S/C15H14F3NS/c1-2-10-3-8-14(13(9-10)15(16,17)18)20-12-6-4-11(19)5-7-12/h3-9H,2,19H2,1H3. The lowest BCUT2D eigenvalue weighted by Gasteiger charge is -2.14. The van der Waals surface area contributed by atoms with Crippen LogP contribution in [0.1, 0.15) is 18.1 Å². The molecule has 0 fully saturated rings. The first-order valence-electron chi connectivity index (χ1n) is 6.13. The van der Waals surface area contributed by atoms with Gasteiger partial charge in [0.15, 0.2) is 0 Å². The van der Waals surface area contributed by atoms with Crippen molar-refractivity contribution in [2.45, 2.75) is 29.3 Å². The highest BCUT2D eigenvalue weighted by Gasteiger charge is 2.33. The molecule has 0 aromatic heterocycles. The molecular weight excluding hydrogens is 283 g/mol. The van der Waals surface area contributed by atoms with Crippen LogP contribution < -0.4 is 5.73 Å². The van der Waals surface area contributed by atoms with Crippen LogP contribution in [0.4, 0.5) is 18.9 Å². The lowest BCUT2D eigenvalue weighted by molar-refractivity contribution is -0.139. The summed E-state index contributed by atoms with van der Waals surface area (Å²) in [5.74, 6) is 0. The predicted molar refractivity (Wildman–Crippen MR) is 75.8 cm³/mol. The summed E-state index contributed by atoms with van der Waals surface area (Å²) >= 11 is 1.09. The summed E-state index contributed by atoms with van der Waals surface area (Å²) in [4.78, 5) is 0.938. The van der Waals surface area contributed by atoms with Gasteiger partial charge in [0.2, 0.25) is 0 Å². The van der Waals surface area contributed by atoms with Crippen molar-refractivity contribution in [2.75, 3.05) is 5.73 Å². The van der Waals surface area contributed by atoms with Gasteiger partial charge >= 0.3 is 6.18 Å². The summed E-state index contributed by atoms with van der Waals surface area (Å²) in [5, 5.41) is 0. The molecule has 0 aliphatic rings. The first-order valence-corrected chi connectivity index (χ1v) is 6.95. The van der Waals surface area contributed by atoms with Gasteiger partial charge in [-0.1, -0.05) is 24.8 Å². The molecule has 106 valence electrons. The van der Waals surface area contributed by atoms with E-state index in [2.05, 4.69) is 0 Å². The molecule has 0 bridgehead atoms. The number of aryl methyl sites for hydroxylation is 1. The van der Waals surface area contributed by atoms with Crippen LogP contribution in [0.3, 0.4) is 0 Å². The summed E-state index contributed by atoms with van der Waals surface area (Å²) in [5.41, 5.74) is 6.25. The normalized spacial score (nSPS) is 11.6. The van der Waals surface area contributed by atoms with E-state index in [1.54, 1.807) is 30.3 Å². The molecule has 0 saturated heterocycles. The number of benzene rings is 2. The minimum Gasteiger partial charge on any atom is -0.399 e. The average Bonchev–Trinajstić information content (AvgIpc) is 2.40. The van der Waals surface area contributed by atoms with Gasteiger partial charge in [0.1, 0.15) is 0 Å². The number of alkyl halides is 3. The molecule has 2 rings (SSSR count). The van der Waals surface area contributed by atoms with Gasteiger partial charge in [-0.25, -0.2) is 0 Å². The third-order valence-electron chi connectivity index (χ3n) is 2.87. The predicted octanol–water partition coefficient (Wildman–Crippen LogP) is 5.00. The van der Waals surface area contributed by atoms with E-state index in [0.717, 1.165) is 16.7 Å². The van der Waals surface area contributed by atoms with E-state index < -0.39 is 11.7 Å². The number of anilines is 1. The topological polar surface area (TPSA) is 26.0 Å². The second kappa shape index (κ2) is 5.79. The van der Waals surface area contributed by atoms with Crippen molar-refractivity contribution in [1.29, 1.82) is 0 Å². The average molecular weight is 297 g/mol. The zero-order valence-electron chi connectivity index (χ0n) is 10.9. The SMILES string of the molecule is CCc1ccc(Sc2ccc(N)cc2)c(C(F)(F)F)c1. The fourth-order valence-corrected chi connectivity index (χ4v) is 2.72. The van der Waals surface area contributed by atoms with E-state index >= 15 is 0 Å². The van der Waals surface area contributed by atoms with Gasteiger partial charge in [0, 0.05) is 15.5 Å². The number of halogens is 3. The van der Waals surface area contributed by atoms with Gasteiger partial charge in [-0.15, -0.1) is 0 Å². The Bertz CT molecular complexity index is 591. The minimum absolute atomic E-state index is 0.208. The molecule has 0 aliphatic heterocycles. The maximum Gasteiger partial charge on any atom is 0.417 e. The smallest absolute Gasteiger partial charge is 0.399 e. The highest BCUT2D eigenvalue weighted by molar-refractivity contribution is 7.99. The fourth-order valence-electron chi connectivity index (χ4n) is 1.77. The van der Waals surface area contributed by atoms with Gasteiger partial charge in [-0.2, -0.15) is 13.2 Å². The molecule has 0 atom stereocenters. The van der Waals surface area contributed by atoms with Crippen molar-refractivity contribution in [2.24, 2.45) is 0 Å². The maximum absolute atomic E-state index is 13.1. The summed E-state index contributed by atoms with van der Waals surface area (Å²) < 4.78 is 39.3. The van der Waals surface area contributed by atoms with Crippen molar-refractivity contribution in [3.63, 3.8) is 0 Å². The Balaban J connectivity index is 2.38. The maximum atomic E-state index is 13.1. The van der Waals surface area contributed by atoms with Crippen molar-refractivity contribution in [1.82, 2.24) is 0 Å². The number of hydrogen-bond donors (Lipinski definition) is 1. The highest BCUT2D eigenvalue weighted by atomic mass is 32.2. The van der Waals surface area contributed by atoms with Crippen LogP contribution in [0.2, 0.25) is 0 Å². The summed E-state index contributed by atoms with van der Waals surface area (Å²) in [6.45, 7) is 1.84. The Morgan fingerprint density at radius 3 is 2.25 bits per heavy atom. The van der Waals surface area contributed by atoms with E-state index in [1.807, 2.05) is 6.92 Å². The van der Waals surface area contributed by atoms with E-state index in [4.69, 9.17) is 5.73 Å². The Hall–Kier alpha value is -1.62. The van der Waals surface area contributed by atoms with Gasteiger partial charge < -0.3 is 5.73 Å². The molecule has 0 saturated carbocycles. The number of rotatable bonds is 3. The molecule has 2 N–H and O–H groups in total. The van der Waals surface area contributed by atoms with Gasteiger partial charge in [-0.05, 0) is 48.4 Å². The summed E-state index contributed by atoms with van der Waals surface area (Å²) in [7, 11) is 0. The minimum atomic E-state index is -4.35. The van der Waals surface area contributed by atoms with E-state index in [9.17, 15) is 13.2 Å². The lowest BCUT2D eigenvalue weighted by atomic mass is 10.1. The van der Waals surface area contributed by atoms with E-state index in [-0.39, 0.29) is 4.90 Å². The van der Waals surface area contributed by atoms with Crippen LogP contribution in [0, 0.1) is 0 Å². The van der Waals surface area contributed by atoms with Gasteiger partial charge in [-0.3, -0.25) is 0 Å². The third kappa shape index (κ3) is 3.48. The summed E-state index contributed by atoms with van der Waals surface area (Å²) in [6.07, 6.45) is -3.77. The van der Waals surface area contributed by atoms with Crippen LogP contribution in [-0.4, -0.2) is 0 Å². The molecule has 20 heavy (non-hydrogen) atoms. The molecule has 0 radical (unpaired) electrons. The molecule has 0 spiro atoms. The molecule has 0 aliphatic carbocycles. The van der Waals surface area contributed by atoms with Crippen LogP contribution >= 0.6 is 11.8 Å². The van der Waals surface area contributed by atoms with Crippen LogP contribution in [-0.2, 0) is 12.6 Å². The Kier molecular flexibility index (Phi) is 4.28. The number of hydrogen-bond acceptors (Lipinski definition) is 2. The highest BCUT2D eigenvalue weighted by Crippen LogP contribution is 2.40. The van der Waals surface area contributed by atoms with Crippen molar-refractivity contribution < 1.29 is 13.2 Å². The Morgan fingerprint density at radius 1 is 1.05 bits per heavy atom. The Morgan fingerprint density at radius 2 is 1.70 bits per heavy atom. The molecule has 0 unspecified atom stereocenters. The van der Waals surface area contributed by atoms with Gasteiger partial charge in [0.25, 0.3) is 0 Å². The Labute approximate surface area is 120 Å². The molecular formula is C15H14F3NS. The molecule has 2 aromatic carbocycles. The summed E-state index contributed by atoms with van der Waals surface area (Å²) in [6, 6.07) is 11.3. The fraction of sp³-hybridized carbons (Fsp3) is 0.200. The number of nitrogen functional groups attached to an aromatic ring is 1. The number of nitrogens with two attached hydrogens (primary N) is 1. The zero-order valence-corrected chi connectivity index (χ0v) is 11.7. The third-order valence-corrected chi connectivity index (χ3v) is 3.95. The first-order chi connectivity index (χ1) is 9.40. The molecule has 5 heteroatoms. The molecule has 2 aromatic rings. The van der Waals surface area contributed by atoms with E-state index in [0.29, 0.717) is 17.7 Å².